The second-order valence-corrected chi connectivity index (χ2v) is 8.00. The van der Waals surface area contributed by atoms with E-state index in [2.05, 4.69) is 34.9 Å². The van der Waals surface area contributed by atoms with Crippen molar-refractivity contribution < 1.29 is 9.53 Å². The molecule has 1 saturated carbocycles. The van der Waals surface area contributed by atoms with Crippen molar-refractivity contribution in [2.75, 3.05) is 25.1 Å². The molecule has 1 aromatic rings. The first-order chi connectivity index (χ1) is 12.1. The number of allylic oxidation sites excluding steroid dienone is 1. The SMILES string of the molecule is C/C=C1/[C@@H]2CCN3CC[C@]4(c5cccc(OC)c5N(C(C)=O)[C@@H]4C2)[C@@H]13. The number of fused-ring (bicyclic) bond motifs is 2. The molecule has 4 heteroatoms. The molecule has 0 aromatic heterocycles. The van der Waals surface area contributed by atoms with E-state index in [9.17, 15) is 4.79 Å². The Morgan fingerprint density at radius 3 is 2.92 bits per heavy atom. The van der Waals surface area contributed by atoms with Crippen molar-refractivity contribution in [2.45, 2.75) is 50.6 Å². The van der Waals surface area contributed by atoms with Gasteiger partial charge in [0.2, 0.25) is 5.91 Å². The molecule has 0 radical (unpaired) electrons. The molecule has 2 bridgehead atoms. The largest absolute Gasteiger partial charge is 0.495 e. The molecule has 4 nitrogen and oxygen atoms in total. The number of benzene rings is 1. The lowest BCUT2D eigenvalue weighted by Crippen LogP contribution is -2.61. The maximum atomic E-state index is 12.7. The van der Waals surface area contributed by atoms with Crippen molar-refractivity contribution >= 4 is 11.6 Å². The molecule has 1 aromatic carbocycles. The van der Waals surface area contributed by atoms with E-state index < -0.39 is 0 Å². The maximum Gasteiger partial charge on any atom is 0.224 e. The quantitative estimate of drug-likeness (QED) is 0.738. The van der Waals surface area contributed by atoms with Crippen LogP contribution in [-0.2, 0) is 10.2 Å². The normalized spacial score (nSPS) is 37.2. The number of nitrogens with zero attached hydrogens (tertiary/aromatic N) is 2. The second kappa shape index (κ2) is 5.10. The summed E-state index contributed by atoms with van der Waals surface area (Å²) in [6, 6.07) is 7.06. The summed E-state index contributed by atoms with van der Waals surface area (Å²) in [6.45, 7) is 6.24. The molecule has 3 fully saturated rings. The zero-order chi connectivity index (χ0) is 17.3. The third kappa shape index (κ3) is 1.69. The predicted octanol–water partition coefficient (Wildman–Crippen LogP) is 3.11. The van der Waals surface area contributed by atoms with E-state index in [0.717, 1.165) is 30.8 Å². The minimum atomic E-state index is 0.0360. The molecule has 4 aliphatic rings. The average molecular weight is 338 g/mol. The Morgan fingerprint density at radius 2 is 2.20 bits per heavy atom. The van der Waals surface area contributed by atoms with Crippen LogP contribution in [0.3, 0.4) is 0 Å². The molecule has 4 atom stereocenters. The highest BCUT2D eigenvalue weighted by Crippen LogP contribution is 2.63. The number of para-hydroxylation sites is 1. The Kier molecular flexibility index (Phi) is 3.15. The van der Waals surface area contributed by atoms with Gasteiger partial charge in [-0.1, -0.05) is 23.8 Å². The van der Waals surface area contributed by atoms with Crippen LogP contribution in [0.4, 0.5) is 5.69 Å². The van der Waals surface area contributed by atoms with Gasteiger partial charge >= 0.3 is 0 Å². The number of piperidine rings is 1. The number of hydrogen-bond acceptors (Lipinski definition) is 3. The Balaban J connectivity index is 1.80. The molecule has 1 spiro atoms. The van der Waals surface area contributed by atoms with Gasteiger partial charge in [-0.05, 0) is 56.8 Å². The van der Waals surface area contributed by atoms with Crippen LogP contribution in [0.1, 0.15) is 38.7 Å². The fourth-order valence-corrected chi connectivity index (χ4v) is 6.50. The monoisotopic (exact) mass is 338 g/mol. The van der Waals surface area contributed by atoms with Crippen molar-refractivity contribution in [1.82, 2.24) is 4.90 Å². The van der Waals surface area contributed by atoms with E-state index in [-0.39, 0.29) is 17.4 Å². The van der Waals surface area contributed by atoms with E-state index in [4.69, 9.17) is 4.74 Å². The summed E-state index contributed by atoms with van der Waals surface area (Å²) < 4.78 is 5.69. The third-order valence-corrected chi connectivity index (χ3v) is 7.27. The van der Waals surface area contributed by atoms with E-state index in [1.165, 1.54) is 18.5 Å². The van der Waals surface area contributed by atoms with Crippen molar-refractivity contribution in [3.05, 3.63) is 35.4 Å². The molecule has 2 saturated heterocycles. The molecule has 3 aliphatic heterocycles. The van der Waals surface area contributed by atoms with E-state index in [1.54, 1.807) is 19.6 Å². The van der Waals surface area contributed by atoms with Crippen molar-refractivity contribution in [3.8, 4) is 5.75 Å². The third-order valence-electron chi connectivity index (χ3n) is 7.27. The zero-order valence-corrected chi connectivity index (χ0v) is 15.3. The van der Waals surface area contributed by atoms with Crippen LogP contribution in [0.15, 0.2) is 29.8 Å². The highest BCUT2D eigenvalue weighted by atomic mass is 16.5. The Bertz CT molecular complexity index is 786. The van der Waals surface area contributed by atoms with Gasteiger partial charge in [0.15, 0.2) is 0 Å². The number of ether oxygens (including phenoxy) is 1. The van der Waals surface area contributed by atoms with Crippen LogP contribution in [0, 0.1) is 5.92 Å². The highest BCUT2D eigenvalue weighted by Gasteiger charge is 2.66. The summed E-state index contributed by atoms with van der Waals surface area (Å²) in [7, 11) is 1.71. The van der Waals surface area contributed by atoms with E-state index in [0.29, 0.717) is 12.0 Å². The van der Waals surface area contributed by atoms with E-state index in [1.807, 2.05) is 6.07 Å². The predicted molar refractivity (Wildman–Crippen MR) is 98.1 cm³/mol. The second-order valence-electron chi connectivity index (χ2n) is 8.00. The molecule has 132 valence electrons. The number of carbonyl (C=O) groups excluding carboxylic acids is 1. The lowest BCUT2D eigenvalue weighted by atomic mass is 9.58. The maximum absolute atomic E-state index is 12.7. The van der Waals surface area contributed by atoms with Crippen molar-refractivity contribution in [3.63, 3.8) is 0 Å². The lowest BCUT2D eigenvalue weighted by Gasteiger charge is -2.53. The van der Waals surface area contributed by atoms with Crippen LogP contribution in [0.2, 0.25) is 0 Å². The number of amides is 1. The number of hydrogen-bond donors (Lipinski definition) is 0. The summed E-state index contributed by atoms with van der Waals surface area (Å²) in [5, 5.41) is 0. The molecule has 0 unspecified atom stereocenters. The standard InChI is InChI=1S/C21H26N2O2/c1-4-15-14-8-10-22-11-9-21(20(15)22)16-6-5-7-17(25-3)19(16)23(13(2)24)18(21)12-14/h4-7,14,18,20H,8-12H2,1-3H3/b15-4-/t14-,18-,20-,21-/m1/s1. The van der Waals surface area contributed by atoms with Crippen LogP contribution in [-0.4, -0.2) is 43.1 Å². The minimum absolute atomic E-state index is 0.0360. The highest BCUT2D eigenvalue weighted by molar-refractivity contribution is 5.98. The Labute approximate surface area is 149 Å². The summed E-state index contributed by atoms with van der Waals surface area (Å²) in [4.78, 5) is 17.5. The summed E-state index contributed by atoms with van der Waals surface area (Å²) >= 11 is 0. The first kappa shape index (κ1) is 15.4. The fraction of sp³-hybridized carbons (Fsp3) is 0.571. The molecule has 5 rings (SSSR count). The lowest BCUT2D eigenvalue weighted by molar-refractivity contribution is -0.117. The summed E-state index contributed by atoms with van der Waals surface area (Å²) in [5.41, 5.74) is 4.01. The first-order valence-corrected chi connectivity index (χ1v) is 9.51. The molecule has 1 amide bonds. The van der Waals surface area contributed by atoms with E-state index >= 15 is 0 Å². The number of anilines is 1. The zero-order valence-electron chi connectivity index (χ0n) is 15.3. The van der Waals surface area contributed by atoms with Gasteiger partial charge in [-0.2, -0.15) is 0 Å². The van der Waals surface area contributed by atoms with Gasteiger partial charge in [0.05, 0.1) is 12.8 Å². The number of methoxy groups -OCH3 is 1. The van der Waals surface area contributed by atoms with Gasteiger partial charge in [-0.25, -0.2) is 0 Å². The Hall–Kier alpha value is -1.81. The number of rotatable bonds is 1. The van der Waals surface area contributed by atoms with Crippen LogP contribution in [0.25, 0.3) is 0 Å². The van der Waals surface area contributed by atoms with Gasteiger partial charge in [-0.3, -0.25) is 9.69 Å². The smallest absolute Gasteiger partial charge is 0.224 e. The molecule has 25 heavy (non-hydrogen) atoms. The molecular weight excluding hydrogens is 312 g/mol. The summed E-state index contributed by atoms with van der Waals surface area (Å²) in [6.07, 6.45) is 5.81. The van der Waals surface area contributed by atoms with Gasteiger partial charge in [0.1, 0.15) is 5.75 Å². The first-order valence-electron chi connectivity index (χ1n) is 9.51. The topological polar surface area (TPSA) is 32.8 Å². The van der Waals surface area contributed by atoms with Gasteiger partial charge in [-0.15, -0.1) is 0 Å². The molecule has 3 heterocycles. The average Bonchev–Trinajstić information content (AvgIpc) is 3.16. The molecule has 0 N–H and O–H groups in total. The van der Waals surface area contributed by atoms with Gasteiger partial charge in [0.25, 0.3) is 0 Å². The summed E-state index contributed by atoms with van der Waals surface area (Å²) in [5.74, 6) is 1.60. The van der Waals surface area contributed by atoms with Crippen molar-refractivity contribution in [1.29, 1.82) is 0 Å². The molecule has 1 aliphatic carbocycles. The minimum Gasteiger partial charge on any atom is -0.495 e. The van der Waals surface area contributed by atoms with Crippen LogP contribution >= 0.6 is 0 Å². The Morgan fingerprint density at radius 1 is 1.36 bits per heavy atom. The van der Waals surface area contributed by atoms with Crippen LogP contribution in [0.5, 0.6) is 5.75 Å². The van der Waals surface area contributed by atoms with Crippen molar-refractivity contribution in [2.24, 2.45) is 5.92 Å². The fourth-order valence-electron chi connectivity index (χ4n) is 6.50. The van der Waals surface area contributed by atoms with Gasteiger partial charge in [0, 0.05) is 24.4 Å². The van der Waals surface area contributed by atoms with Crippen LogP contribution < -0.4 is 9.64 Å². The van der Waals surface area contributed by atoms with Gasteiger partial charge < -0.3 is 9.64 Å². The molecular formula is C21H26N2O2. The number of carbonyl (C=O) groups is 1.